The number of rotatable bonds is 1. The fourth-order valence-electron chi connectivity index (χ4n) is 3.30. The van der Waals surface area contributed by atoms with Gasteiger partial charge in [-0.3, -0.25) is 4.79 Å². The summed E-state index contributed by atoms with van der Waals surface area (Å²) in [5.41, 5.74) is 0.494. The number of phenolic OH excluding ortho intramolecular Hbond substituents is 1. The lowest BCUT2D eigenvalue weighted by Crippen LogP contribution is -2.54. The first-order chi connectivity index (χ1) is 9.90. The van der Waals surface area contributed by atoms with Gasteiger partial charge in [-0.1, -0.05) is 23.2 Å². The second-order valence-corrected chi connectivity index (χ2v) is 6.39. The van der Waals surface area contributed by atoms with Gasteiger partial charge in [0.1, 0.15) is 11.9 Å². The summed E-state index contributed by atoms with van der Waals surface area (Å²) in [5, 5.41) is 30.4. The second-order valence-electron chi connectivity index (χ2n) is 5.60. The molecule has 0 aliphatic carbocycles. The van der Waals surface area contributed by atoms with E-state index in [-0.39, 0.29) is 29.0 Å². The van der Waals surface area contributed by atoms with Crippen LogP contribution in [0.5, 0.6) is 5.75 Å². The quantitative estimate of drug-likeness (QED) is 0.728. The van der Waals surface area contributed by atoms with Crippen molar-refractivity contribution in [2.24, 2.45) is 0 Å². The first-order valence-corrected chi connectivity index (χ1v) is 7.48. The lowest BCUT2D eigenvalue weighted by molar-refractivity contribution is -0.148. The van der Waals surface area contributed by atoms with Crippen LogP contribution >= 0.6 is 23.2 Å². The van der Waals surface area contributed by atoms with Gasteiger partial charge in [-0.2, -0.15) is 0 Å². The number of carbonyl (C=O) groups excluding carboxylic acids is 1. The molecule has 2 saturated heterocycles. The van der Waals surface area contributed by atoms with Gasteiger partial charge < -0.3 is 20.2 Å². The van der Waals surface area contributed by atoms with Crippen molar-refractivity contribution in [1.29, 1.82) is 0 Å². The number of carbonyl (C=O) groups is 1. The number of phenols is 1. The molecule has 4 atom stereocenters. The van der Waals surface area contributed by atoms with E-state index in [0.717, 1.165) is 0 Å². The number of amides is 1. The first kappa shape index (κ1) is 14.9. The molecular weight excluding hydrogens is 317 g/mol. The van der Waals surface area contributed by atoms with Crippen LogP contribution in [0, 0.1) is 0 Å². The van der Waals surface area contributed by atoms with Gasteiger partial charge in [0.2, 0.25) is 5.91 Å². The summed E-state index contributed by atoms with van der Waals surface area (Å²) in [6, 6.07) is 2.52. The lowest BCUT2D eigenvalue weighted by atomic mass is 9.91. The molecule has 21 heavy (non-hydrogen) atoms. The van der Waals surface area contributed by atoms with E-state index >= 15 is 0 Å². The first-order valence-electron chi connectivity index (χ1n) is 6.72. The van der Waals surface area contributed by atoms with E-state index in [1.807, 2.05) is 0 Å². The minimum Gasteiger partial charge on any atom is -0.508 e. The molecule has 2 aliphatic rings. The minimum absolute atomic E-state index is 0.0248. The standard InChI is InChI=1S/C14H15Cl2NO4/c15-7-1-2-9(18)12(13(7)16)6-3-8-14(21)10(19)4-11(20)17(8)5-6/h1-2,6,8,10,14,18-19,21H,3-5H2/t6?,8-,10?,14?/m0/s1. The third-order valence-electron chi connectivity index (χ3n) is 4.35. The molecule has 1 aromatic carbocycles. The zero-order valence-corrected chi connectivity index (χ0v) is 12.6. The summed E-state index contributed by atoms with van der Waals surface area (Å²) < 4.78 is 0. The zero-order valence-electron chi connectivity index (χ0n) is 11.0. The van der Waals surface area contributed by atoms with Crippen molar-refractivity contribution < 1.29 is 20.1 Å². The van der Waals surface area contributed by atoms with Crippen LogP contribution in [0.1, 0.15) is 24.3 Å². The van der Waals surface area contributed by atoms with Gasteiger partial charge in [-0.25, -0.2) is 0 Å². The number of benzene rings is 1. The van der Waals surface area contributed by atoms with Crippen molar-refractivity contribution in [3.8, 4) is 5.75 Å². The lowest BCUT2D eigenvalue weighted by Gasteiger charge is -2.36. The molecule has 2 fully saturated rings. The molecule has 3 unspecified atom stereocenters. The second kappa shape index (κ2) is 5.32. The average molecular weight is 332 g/mol. The monoisotopic (exact) mass is 331 g/mol. The Morgan fingerprint density at radius 1 is 1.24 bits per heavy atom. The molecule has 0 bridgehead atoms. The summed E-state index contributed by atoms with van der Waals surface area (Å²) in [6.45, 7) is 0.348. The summed E-state index contributed by atoms with van der Waals surface area (Å²) in [4.78, 5) is 13.5. The van der Waals surface area contributed by atoms with Crippen LogP contribution in [0.4, 0.5) is 0 Å². The topological polar surface area (TPSA) is 81.0 Å². The van der Waals surface area contributed by atoms with Gasteiger partial charge in [0.25, 0.3) is 0 Å². The van der Waals surface area contributed by atoms with Gasteiger partial charge in [-0.15, -0.1) is 0 Å². The largest absolute Gasteiger partial charge is 0.508 e. The van der Waals surface area contributed by atoms with Crippen molar-refractivity contribution in [3.63, 3.8) is 0 Å². The normalized spacial score (nSPS) is 32.4. The predicted octanol–water partition coefficient (Wildman–Crippen LogP) is 1.51. The molecule has 7 heteroatoms. The zero-order chi connectivity index (χ0) is 15.3. The number of halogens is 2. The highest BCUT2D eigenvalue weighted by Crippen LogP contribution is 2.44. The highest BCUT2D eigenvalue weighted by molar-refractivity contribution is 6.42. The molecule has 2 aliphatic heterocycles. The van der Waals surface area contributed by atoms with Crippen molar-refractivity contribution in [3.05, 3.63) is 27.7 Å². The van der Waals surface area contributed by atoms with Gasteiger partial charge in [-0.05, 0) is 18.6 Å². The molecule has 3 N–H and O–H groups in total. The van der Waals surface area contributed by atoms with Gasteiger partial charge in [0.15, 0.2) is 0 Å². The van der Waals surface area contributed by atoms with Crippen LogP contribution in [0.25, 0.3) is 0 Å². The van der Waals surface area contributed by atoms with Crippen LogP contribution < -0.4 is 0 Å². The Hall–Kier alpha value is -1.01. The highest BCUT2D eigenvalue weighted by Gasteiger charge is 2.47. The van der Waals surface area contributed by atoms with Crippen molar-refractivity contribution >= 4 is 29.1 Å². The maximum Gasteiger partial charge on any atom is 0.225 e. The van der Waals surface area contributed by atoms with Crippen LogP contribution in [0.15, 0.2) is 12.1 Å². The van der Waals surface area contributed by atoms with E-state index in [1.54, 1.807) is 4.90 Å². The molecule has 2 heterocycles. The van der Waals surface area contributed by atoms with Crippen molar-refractivity contribution in [2.75, 3.05) is 6.54 Å². The molecule has 3 rings (SSSR count). The van der Waals surface area contributed by atoms with E-state index in [2.05, 4.69) is 0 Å². The fraction of sp³-hybridized carbons (Fsp3) is 0.500. The van der Waals surface area contributed by atoms with E-state index in [1.165, 1.54) is 12.1 Å². The van der Waals surface area contributed by atoms with E-state index in [0.29, 0.717) is 23.6 Å². The smallest absolute Gasteiger partial charge is 0.225 e. The molecule has 1 amide bonds. The number of aliphatic hydroxyl groups excluding tert-OH is 2. The Bertz CT molecular complexity index is 595. The minimum atomic E-state index is -1.04. The average Bonchev–Trinajstić information content (AvgIpc) is 2.86. The Morgan fingerprint density at radius 3 is 2.67 bits per heavy atom. The number of aromatic hydroxyl groups is 1. The Morgan fingerprint density at radius 2 is 1.95 bits per heavy atom. The molecule has 0 saturated carbocycles. The maximum absolute atomic E-state index is 12.0. The van der Waals surface area contributed by atoms with Crippen molar-refractivity contribution in [2.45, 2.75) is 37.0 Å². The van der Waals surface area contributed by atoms with E-state index in [4.69, 9.17) is 23.2 Å². The van der Waals surface area contributed by atoms with Crippen LogP contribution in [0.2, 0.25) is 10.0 Å². The van der Waals surface area contributed by atoms with Crippen LogP contribution in [-0.2, 0) is 4.79 Å². The predicted molar refractivity (Wildman–Crippen MR) is 77.6 cm³/mol. The summed E-state index contributed by atoms with van der Waals surface area (Å²) >= 11 is 12.2. The number of hydrogen-bond acceptors (Lipinski definition) is 4. The van der Waals surface area contributed by atoms with Crippen molar-refractivity contribution in [1.82, 2.24) is 4.90 Å². The molecule has 1 aromatic rings. The Labute approximate surface area is 131 Å². The third-order valence-corrected chi connectivity index (χ3v) is 5.17. The van der Waals surface area contributed by atoms with E-state index < -0.39 is 18.2 Å². The number of hydrogen-bond donors (Lipinski definition) is 3. The molecule has 0 radical (unpaired) electrons. The number of piperidine rings is 1. The summed E-state index contributed by atoms with van der Waals surface area (Å²) in [7, 11) is 0. The van der Waals surface area contributed by atoms with Gasteiger partial charge >= 0.3 is 0 Å². The van der Waals surface area contributed by atoms with Crippen LogP contribution in [0.3, 0.4) is 0 Å². The fourth-order valence-corrected chi connectivity index (χ4v) is 3.78. The molecule has 0 aromatic heterocycles. The van der Waals surface area contributed by atoms with E-state index in [9.17, 15) is 20.1 Å². The number of fused-ring (bicyclic) bond motifs is 1. The van der Waals surface area contributed by atoms with Gasteiger partial charge in [0, 0.05) is 18.0 Å². The Kier molecular flexibility index (Phi) is 3.78. The summed E-state index contributed by atoms with van der Waals surface area (Å²) in [5.74, 6) is -0.389. The molecule has 5 nitrogen and oxygen atoms in total. The number of aliphatic hydroxyl groups is 2. The third kappa shape index (κ3) is 2.38. The van der Waals surface area contributed by atoms with Gasteiger partial charge in [0.05, 0.1) is 28.6 Å². The molecular formula is C14H15Cl2NO4. The summed E-state index contributed by atoms with van der Waals surface area (Å²) in [6.07, 6.45) is -1.68. The SMILES string of the molecule is O=C1CC(O)C(O)[C@@H]2CC(c3c(O)ccc(Cl)c3Cl)CN12. The maximum atomic E-state index is 12.0. The molecule has 0 spiro atoms. The Balaban J connectivity index is 1.94. The van der Waals surface area contributed by atoms with Crippen LogP contribution in [-0.4, -0.2) is 50.9 Å². The highest BCUT2D eigenvalue weighted by atomic mass is 35.5. The molecule has 114 valence electrons. The number of nitrogens with zero attached hydrogens (tertiary/aromatic N) is 1.